The standard InChI is InChI=1S/C30H27FN6O2/c1-35-17-24(29(39)36-12-3-6-25(36)21-4-2-5-22(31)14-21)23-15-19(9-10-26(23)35)20-11-13-37-27(16-20)32-30(34-37)33-28(38)18-7-8-18/h2,4-5,9-11,13-18,25H,3,6-8,12H2,1H3,(H,33,34,38)/t25-/m0/s1. The van der Waals surface area contributed by atoms with E-state index in [1.807, 2.05) is 65.3 Å². The van der Waals surface area contributed by atoms with E-state index in [0.717, 1.165) is 53.3 Å². The maximum atomic E-state index is 13.9. The van der Waals surface area contributed by atoms with Crippen LogP contribution in [0.25, 0.3) is 27.7 Å². The van der Waals surface area contributed by atoms with Crippen molar-refractivity contribution in [2.24, 2.45) is 13.0 Å². The van der Waals surface area contributed by atoms with Crippen LogP contribution >= 0.6 is 0 Å². The van der Waals surface area contributed by atoms with Gasteiger partial charge in [-0.2, -0.15) is 4.98 Å². The number of anilines is 1. The number of aryl methyl sites for hydroxylation is 1. The van der Waals surface area contributed by atoms with Gasteiger partial charge < -0.3 is 9.47 Å². The summed E-state index contributed by atoms with van der Waals surface area (Å²) in [5, 5.41) is 8.03. The van der Waals surface area contributed by atoms with Gasteiger partial charge in [0.25, 0.3) is 5.91 Å². The number of likely N-dealkylation sites (tertiary alicyclic amines) is 1. The molecule has 1 saturated carbocycles. The van der Waals surface area contributed by atoms with Crippen molar-refractivity contribution in [2.45, 2.75) is 31.7 Å². The van der Waals surface area contributed by atoms with Crippen molar-refractivity contribution in [1.29, 1.82) is 0 Å². The second kappa shape index (κ2) is 9.04. The number of nitrogens with one attached hydrogen (secondary N) is 1. The van der Waals surface area contributed by atoms with Crippen molar-refractivity contribution in [2.75, 3.05) is 11.9 Å². The Morgan fingerprint density at radius 3 is 2.69 bits per heavy atom. The Morgan fingerprint density at radius 1 is 1.03 bits per heavy atom. The van der Waals surface area contributed by atoms with Crippen molar-refractivity contribution in [3.05, 3.63) is 83.9 Å². The average Bonchev–Trinajstić information content (AvgIpc) is 3.39. The number of carbonyl (C=O) groups is 2. The van der Waals surface area contributed by atoms with E-state index in [9.17, 15) is 14.0 Å². The molecule has 1 saturated heterocycles. The molecular weight excluding hydrogens is 495 g/mol. The molecule has 0 bridgehead atoms. The molecule has 1 N–H and O–H groups in total. The van der Waals surface area contributed by atoms with Crippen molar-refractivity contribution in [3.8, 4) is 11.1 Å². The van der Waals surface area contributed by atoms with Crippen molar-refractivity contribution < 1.29 is 14.0 Å². The summed E-state index contributed by atoms with van der Waals surface area (Å²) in [5.41, 5.74) is 4.91. The summed E-state index contributed by atoms with van der Waals surface area (Å²) in [6.45, 7) is 0.638. The van der Waals surface area contributed by atoms with E-state index >= 15 is 0 Å². The zero-order valence-electron chi connectivity index (χ0n) is 21.5. The van der Waals surface area contributed by atoms with Gasteiger partial charge in [-0.3, -0.25) is 14.9 Å². The van der Waals surface area contributed by atoms with Gasteiger partial charge in [0.05, 0.1) is 11.6 Å². The largest absolute Gasteiger partial charge is 0.350 e. The summed E-state index contributed by atoms with van der Waals surface area (Å²) in [6, 6.07) is 16.4. The molecule has 196 valence electrons. The number of halogens is 1. The molecule has 39 heavy (non-hydrogen) atoms. The Hall–Kier alpha value is -4.53. The number of rotatable bonds is 5. The van der Waals surface area contributed by atoms with Crippen LogP contribution in [0.15, 0.2) is 67.0 Å². The molecule has 9 heteroatoms. The van der Waals surface area contributed by atoms with E-state index in [4.69, 9.17) is 0 Å². The first-order valence-electron chi connectivity index (χ1n) is 13.3. The average molecular weight is 523 g/mol. The van der Waals surface area contributed by atoms with E-state index < -0.39 is 0 Å². The van der Waals surface area contributed by atoms with Crippen LogP contribution in [-0.4, -0.2) is 42.4 Å². The predicted octanol–water partition coefficient (Wildman–Crippen LogP) is 5.35. The van der Waals surface area contributed by atoms with Crippen molar-refractivity contribution in [3.63, 3.8) is 0 Å². The lowest BCUT2D eigenvalue weighted by Crippen LogP contribution is -2.30. The fraction of sp³-hybridized carbons (Fsp3) is 0.267. The molecule has 2 fully saturated rings. The Kier molecular flexibility index (Phi) is 5.47. The van der Waals surface area contributed by atoms with Crippen LogP contribution in [0.1, 0.15) is 47.6 Å². The minimum atomic E-state index is -0.288. The summed E-state index contributed by atoms with van der Waals surface area (Å²) in [6.07, 6.45) is 7.23. The number of benzene rings is 2. The summed E-state index contributed by atoms with van der Waals surface area (Å²) in [5.74, 6) is 0.00732. The molecular formula is C30H27FN6O2. The van der Waals surface area contributed by atoms with Gasteiger partial charge in [-0.1, -0.05) is 18.2 Å². The summed E-state index contributed by atoms with van der Waals surface area (Å²) >= 11 is 0. The van der Waals surface area contributed by atoms with Crippen LogP contribution in [-0.2, 0) is 11.8 Å². The molecule has 0 radical (unpaired) electrons. The Balaban J connectivity index is 1.22. The van der Waals surface area contributed by atoms with E-state index in [1.165, 1.54) is 12.1 Å². The zero-order chi connectivity index (χ0) is 26.7. The first-order chi connectivity index (χ1) is 18.9. The van der Waals surface area contributed by atoms with Gasteiger partial charge in [-0.25, -0.2) is 8.91 Å². The lowest BCUT2D eigenvalue weighted by molar-refractivity contribution is -0.117. The van der Waals surface area contributed by atoms with Crippen LogP contribution in [0.4, 0.5) is 10.3 Å². The van der Waals surface area contributed by atoms with Gasteiger partial charge in [0.1, 0.15) is 5.82 Å². The molecule has 2 amide bonds. The Morgan fingerprint density at radius 2 is 1.87 bits per heavy atom. The summed E-state index contributed by atoms with van der Waals surface area (Å²) in [7, 11) is 1.94. The normalized spacial score (nSPS) is 17.3. The van der Waals surface area contributed by atoms with Gasteiger partial charge in [-0.05, 0) is 78.8 Å². The van der Waals surface area contributed by atoms with Crippen LogP contribution in [0, 0.1) is 11.7 Å². The minimum absolute atomic E-state index is 0.0319. The number of pyridine rings is 1. The highest BCUT2D eigenvalue weighted by Crippen LogP contribution is 2.36. The second-order valence-corrected chi connectivity index (χ2v) is 10.5. The van der Waals surface area contributed by atoms with Crippen molar-refractivity contribution >= 4 is 34.3 Å². The summed E-state index contributed by atoms with van der Waals surface area (Å²) < 4.78 is 17.6. The first-order valence-corrected chi connectivity index (χ1v) is 13.3. The number of carbonyl (C=O) groups excluding carboxylic acids is 2. The molecule has 2 aromatic carbocycles. The van der Waals surface area contributed by atoms with Gasteiger partial charge in [0.15, 0.2) is 5.65 Å². The third kappa shape index (κ3) is 4.24. The number of hydrogen-bond acceptors (Lipinski definition) is 4. The second-order valence-electron chi connectivity index (χ2n) is 10.5. The molecule has 1 aliphatic carbocycles. The quantitative estimate of drug-likeness (QED) is 0.337. The third-order valence-corrected chi connectivity index (χ3v) is 7.82. The number of amides is 2. The highest BCUT2D eigenvalue weighted by atomic mass is 19.1. The molecule has 0 spiro atoms. The summed E-state index contributed by atoms with van der Waals surface area (Å²) in [4.78, 5) is 32.3. The third-order valence-electron chi connectivity index (χ3n) is 7.82. The molecule has 8 nitrogen and oxygen atoms in total. The number of hydrogen-bond donors (Lipinski definition) is 1. The zero-order valence-corrected chi connectivity index (χ0v) is 21.5. The van der Waals surface area contributed by atoms with Crippen LogP contribution in [0.5, 0.6) is 0 Å². The van der Waals surface area contributed by atoms with Gasteiger partial charge >= 0.3 is 0 Å². The number of aromatic nitrogens is 4. The molecule has 1 atom stereocenters. The smallest absolute Gasteiger partial charge is 0.256 e. The maximum absolute atomic E-state index is 13.9. The van der Waals surface area contributed by atoms with Gasteiger partial charge in [0.2, 0.25) is 11.9 Å². The number of nitrogens with zero attached hydrogens (tertiary/aromatic N) is 5. The van der Waals surface area contributed by atoms with Crippen LogP contribution in [0.2, 0.25) is 0 Å². The number of fused-ring (bicyclic) bond motifs is 2. The van der Waals surface area contributed by atoms with Crippen molar-refractivity contribution in [1.82, 2.24) is 24.1 Å². The van der Waals surface area contributed by atoms with E-state index in [0.29, 0.717) is 23.7 Å². The molecule has 4 heterocycles. The highest BCUT2D eigenvalue weighted by Gasteiger charge is 2.32. The molecule has 3 aromatic heterocycles. The van der Waals surface area contributed by atoms with E-state index in [2.05, 4.69) is 15.4 Å². The highest BCUT2D eigenvalue weighted by molar-refractivity contribution is 6.08. The van der Waals surface area contributed by atoms with E-state index in [-0.39, 0.29) is 29.6 Å². The fourth-order valence-corrected chi connectivity index (χ4v) is 5.64. The maximum Gasteiger partial charge on any atom is 0.256 e. The minimum Gasteiger partial charge on any atom is -0.350 e. The Bertz CT molecular complexity index is 1770. The Labute approximate surface area is 224 Å². The van der Waals surface area contributed by atoms with Crippen LogP contribution in [0.3, 0.4) is 0 Å². The molecule has 7 rings (SSSR count). The molecule has 0 unspecified atom stereocenters. The predicted molar refractivity (Wildman–Crippen MR) is 146 cm³/mol. The molecule has 2 aliphatic rings. The monoisotopic (exact) mass is 522 g/mol. The van der Waals surface area contributed by atoms with Gasteiger partial charge in [-0.15, -0.1) is 5.10 Å². The van der Waals surface area contributed by atoms with E-state index in [1.54, 1.807) is 10.6 Å². The molecule has 5 aromatic rings. The SMILES string of the molecule is Cn1cc(C(=O)N2CCC[C@H]2c2cccc(F)c2)c2cc(-c3ccn4nc(NC(=O)C5CC5)nc4c3)ccc21. The molecule has 1 aliphatic heterocycles. The van der Waals surface area contributed by atoms with Gasteiger partial charge in [0, 0.05) is 42.8 Å². The lowest BCUT2D eigenvalue weighted by Gasteiger charge is -2.25. The van der Waals surface area contributed by atoms with Crippen LogP contribution < -0.4 is 5.32 Å². The first kappa shape index (κ1) is 23.6. The lowest BCUT2D eigenvalue weighted by atomic mass is 10.0. The topological polar surface area (TPSA) is 84.5 Å². The fourth-order valence-electron chi connectivity index (χ4n) is 5.64.